The highest BCUT2D eigenvalue weighted by Gasteiger charge is 2.12. The van der Waals surface area contributed by atoms with E-state index in [0.29, 0.717) is 30.0 Å². The monoisotopic (exact) mass is 369 g/mol. The van der Waals surface area contributed by atoms with Crippen molar-refractivity contribution in [3.05, 3.63) is 65.7 Å². The molecule has 0 radical (unpaired) electrons. The zero-order valence-electron chi connectivity index (χ0n) is 15.2. The largest absolute Gasteiger partial charge is 0.493 e. The van der Waals surface area contributed by atoms with Gasteiger partial charge in [-0.3, -0.25) is 14.4 Å². The number of ether oxygens (including phenoxy) is 1. The second kappa shape index (κ2) is 10.6. The average Bonchev–Trinajstić information content (AvgIpc) is 2.70. The maximum Gasteiger partial charge on any atom is 0.255 e. The molecule has 0 saturated carbocycles. The standard InChI is InChI=1S/C20H23N3O4/c1-2-27-17-11-7-6-10-16(17)20(26)23-14-18(24)21-12-13-22-19(25)15-8-4-3-5-9-15/h3-11H,2,12-14H2,1H3,(H,21,24)(H,22,25)(H,23,26). The SMILES string of the molecule is CCOc1ccccc1C(=O)NCC(=O)NCCNC(=O)c1ccccc1. The first kappa shape index (κ1) is 20.0. The number of amides is 3. The van der Waals surface area contributed by atoms with Crippen molar-refractivity contribution in [2.24, 2.45) is 0 Å². The second-order valence-electron chi connectivity index (χ2n) is 5.58. The Hall–Kier alpha value is -3.35. The van der Waals surface area contributed by atoms with E-state index in [1.807, 2.05) is 13.0 Å². The molecule has 0 saturated heterocycles. The van der Waals surface area contributed by atoms with Crippen LogP contribution in [0.5, 0.6) is 5.75 Å². The van der Waals surface area contributed by atoms with Crippen LogP contribution in [-0.4, -0.2) is 44.0 Å². The average molecular weight is 369 g/mol. The molecule has 7 nitrogen and oxygen atoms in total. The van der Waals surface area contributed by atoms with E-state index < -0.39 is 0 Å². The summed E-state index contributed by atoms with van der Waals surface area (Å²) in [6, 6.07) is 15.7. The highest BCUT2D eigenvalue weighted by molar-refractivity contribution is 5.98. The summed E-state index contributed by atoms with van der Waals surface area (Å²) in [5, 5.41) is 7.90. The van der Waals surface area contributed by atoms with Gasteiger partial charge in [0.1, 0.15) is 5.75 Å². The molecule has 0 aliphatic carbocycles. The molecule has 2 rings (SSSR count). The van der Waals surface area contributed by atoms with E-state index in [2.05, 4.69) is 16.0 Å². The third-order valence-electron chi connectivity index (χ3n) is 3.61. The van der Waals surface area contributed by atoms with Crippen molar-refractivity contribution in [1.29, 1.82) is 0 Å². The van der Waals surface area contributed by atoms with Gasteiger partial charge in [-0.05, 0) is 31.2 Å². The fourth-order valence-electron chi connectivity index (χ4n) is 2.32. The van der Waals surface area contributed by atoms with Gasteiger partial charge in [0.15, 0.2) is 0 Å². The lowest BCUT2D eigenvalue weighted by molar-refractivity contribution is -0.120. The van der Waals surface area contributed by atoms with E-state index in [1.54, 1.807) is 48.5 Å². The second-order valence-corrected chi connectivity index (χ2v) is 5.58. The Bertz CT molecular complexity index is 778. The van der Waals surface area contributed by atoms with Gasteiger partial charge in [0, 0.05) is 18.7 Å². The molecule has 3 amide bonds. The van der Waals surface area contributed by atoms with Gasteiger partial charge < -0.3 is 20.7 Å². The van der Waals surface area contributed by atoms with Crippen LogP contribution in [0.4, 0.5) is 0 Å². The Morgan fingerprint density at radius 2 is 1.48 bits per heavy atom. The third-order valence-corrected chi connectivity index (χ3v) is 3.61. The number of carbonyl (C=O) groups excluding carboxylic acids is 3. The van der Waals surface area contributed by atoms with E-state index in [9.17, 15) is 14.4 Å². The Kier molecular flexibility index (Phi) is 7.84. The Morgan fingerprint density at radius 3 is 2.22 bits per heavy atom. The first-order valence-electron chi connectivity index (χ1n) is 8.71. The zero-order valence-corrected chi connectivity index (χ0v) is 15.2. The van der Waals surface area contributed by atoms with E-state index >= 15 is 0 Å². The van der Waals surface area contributed by atoms with Crippen LogP contribution in [0.1, 0.15) is 27.6 Å². The number of carbonyl (C=O) groups is 3. The first-order valence-corrected chi connectivity index (χ1v) is 8.71. The smallest absolute Gasteiger partial charge is 0.255 e. The lowest BCUT2D eigenvalue weighted by atomic mass is 10.2. The summed E-state index contributed by atoms with van der Waals surface area (Å²) in [6.07, 6.45) is 0. The molecule has 0 fully saturated rings. The summed E-state index contributed by atoms with van der Waals surface area (Å²) in [5.74, 6) is -0.454. The van der Waals surface area contributed by atoms with Crippen LogP contribution in [0.25, 0.3) is 0 Å². The van der Waals surface area contributed by atoms with E-state index in [-0.39, 0.29) is 30.8 Å². The lowest BCUT2D eigenvalue weighted by Crippen LogP contribution is -2.40. The molecule has 0 heterocycles. The molecule has 7 heteroatoms. The van der Waals surface area contributed by atoms with E-state index in [0.717, 1.165) is 0 Å². The van der Waals surface area contributed by atoms with Crippen molar-refractivity contribution in [3.63, 3.8) is 0 Å². The quantitative estimate of drug-likeness (QED) is 0.582. The van der Waals surface area contributed by atoms with Gasteiger partial charge in [-0.25, -0.2) is 0 Å². The molecule has 2 aromatic rings. The van der Waals surface area contributed by atoms with Crippen LogP contribution in [0.3, 0.4) is 0 Å². The molecule has 0 spiro atoms. The topological polar surface area (TPSA) is 96.5 Å². The van der Waals surface area contributed by atoms with Gasteiger partial charge in [0.2, 0.25) is 5.91 Å². The summed E-state index contributed by atoms with van der Waals surface area (Å²) in [7, 11) is 0. The van der Waals surface area contributed by atoms with Gasteiger partial charge >= 0.3 is 0 Å². The van der Waals surface area contributed by atoms with Gasteiger partial charge in [-0.2, -0.15) is 0 Å². The number of para-hydroxylation sites is 1. The molecule has 0 unspecified atom stereocenters. The van der Waals surface area contributed by atoms with Gasteiger partial charge in [0.25, 0.3) is 11.8 Å². The zero-order chi connectivity index (χ0) is 19.5. The lowest BCUT2D eigenvalue weighted by Gasteiger charge is -2.11. The van der Waals surface area contributed by atoms with Gasteiger partial charge in [-0.1, -0.05) is 30.3 Å². The molecule has 3 N–H and O–H groups in total. The third kappa shape index (κ3) is 6.47. The fraction of sp³-hybridized carbons (Fsp3) is 0.250. The van der Waals surface area contributed by atoms with Crippen molar-refractivity contribution in [2.45, 2.75) is 6.92 Å². The Labute approximate surface area is 158 Å². The minimum absolute atomic E-state index is 0.161. The van der Waals surface area contributed by atoms with E-state index in [4.69, 9.17) is 4.74 Å². The summed E-state index contributed by atoms with van der Waals surface area (Å²) in [5.41, 5.74) is 0.936. The normalized spacial score (nSPS) is 9.96. The summed E-state index contributed by atoms with van der Waals surface area (Å²) in [4.78, 5) is 35.9. The highest BCUT2D eigenvalue weighted by Crippen LogP contribution is 2.17. The number of benzene rings is 2. The summed E-state index contributed by atoms with van der Waals surface area (Å²) in [6.45, 7) is 2.67. The molecule has 0 aromatic heterocycles. The van der Waals surface area contributed by atoms with Crippen LogP contribution in [-0.2, 0) is 4.79 Å². The molecular weight excluding hydrogens is 346 g/mol. The van der Waals surface area contributed by atoms with Gasteiger partial charge in [0.05, 0.1) is 18.7 Å². The predicted molar refractivity (Wildman–Crippen MR) is 102 cm³/mol. The number of hydrogen-bond acceptors (Lipinski definition) is 4. The molecule has 27 heavy (non-hydrogen) atoms. The molecular formula is C20H23N3O4. The molecule has 0 atom stereocenters. The molecule has 2 aromatic carbocycles. The van der Waals surface area contributed by atoms with Crippen molar-refractivity contribution in [2.75, 3.05) is 26.2 Å². The minimum atomic E-state index is -0.383. The molecule has 142 valence electrons. The number of nitrogens with one attached hydrogen (secondary N) is 3. The first-order chi connectivity index (χ1) is 13.1. The number of rotatable bonds is 9. The summed E-state index contributed by atoms with van der Waals surface area (Å²) >= 11 is 0. The molecule has 0 aliphatic rings. The van der Waals surface area contributed by atoms with E-state index in [1.165, 1.54) is 0 Å². The highest BCUT2D eigenvalue weighted by atomic mass is 16.5. The summed E-state index contributed by atoms with van der Waals surface area (Å²) < 4.78 is 5.40. The van der Waals surface area contributed by atoms with Crippen LogP contribution in [0.15, 0.2) is 54.6 Å². The Morgan fingerprint density at radius 1 is 0.815 bits per heavy atom. The fourth-order valence-corrected chi connectivity index (χ4v) is 2.32. The number of hydrogen-bond donors (Lipinski definition) is 3. The van der Waals surface area contributed by atoms with Crippen LogP contribution in [0.2, 0.25) is 0 Å². The van der Waals surface area contributed by atoms with Crippen molar-refractivity contribution in [1.82, 2.24) is 16.0 Å². The minimum Gasteiger partial charge on any atom is -0.493 e. The molecule has 0 aliphatic heterocycles. The van der Waals surface area contributed by atoms with Crippen molar-refractivity contribution >= 4 is 17.7 Å². The molecule has 0 bridgehead atoms. The van der Waals surface area contributed by atoms with Crippen LogP contribution in [0, 0.1) is 0 Å². The van der Waals surface area contributed by atoms with Crippen LogP contribution >= 0.6 is 0 Å². The maximum absolute atomic E-state index is 12.2. The van der Waals surface area contributed by atoms with Crippen LogP contribution < -0.4 is 20.7 Å². The maximum atomic E-state index is 12.2. The predicted octanol–water partition coefficient (Wildman–Crippen LogP) is 1.36. The van der Waals surface area contributed by atoms with Gasteiger partial charge in [-0.15, -0.1) is 0 Å². The van der Waals surface area contributed by atoms with Crippen molar-refractivity contribution in [3.8, 4) is 5.75 Å². The van der Waals surface area contributed by atoms with Crippen molar-refractivity contribution < 1.29 is 19.1 Å². The Balaban J connectivity index is 1.69.